The van der Waals surface area contributed by atoms with Crippen LogP contribution in [0.15, 0.2) is 30.3 Å². The van der Waals surface area contributed by atoms with Gasteiger partial charge in [-0.15, -0.1) is 0 Å². The number of amides is 1. The highest BCUT2D eigenvalue weighted by Crippen LogP contribution is 2.16. The molecule has 2 rings (SSSR count). The van der Waals surface area contributed by atoms with Crippen LogP contribution in [0.5, 0.6) is 0 Å². The highest BCUT2D eigenvalue weighted by molar-refractivity contribution is 5.87. The van der Waals surface area contributed by atoms with Crippen molar-refractivity contribution in [3.63, 3.8) is 0 Å². The predicted octanol–water partition coefficient (Wildman–Crippen LogP) is 0.983. The van der Waals surface area contributed by atoms with Crippen LogP contribution in [0.4, 0.5) is 4.79 Å². The summed E-state index contributed by atoms with van der Waals surface area (Å²) in [5, 5.41) is 8.71. The molecule has 1 fully saturated rings. The molecule has 20 heavy (non-hydrogen) atoms. The van der Waals surface area contributed by atoms with Gasteiger partial charge in [0.05, 0.1) is 6.42 Å². The van der Waals surface area contributed by atoms with Gasteiger partial charge in [-0.3, -0.25) is 9.69 Å². The summed E-state index contributed by atoms with van der Waals surface area (Å²) in [6.45, 7) is -0.242. The minimum Gasteiger partial charge on any atom is -0.481 e. The minimum absolute atomic E-state index is 0.0458. The molecule has 1 N–H and O–H groups in total. The van der Waals surface area contributed by atoms with E-state index in [1.807, 2.05) is 6.07 Å². The Kier molecular flexibility index (Phi) is 4.19. The summed E-state index contributed by atoms with van der Waals surface area (Å²) in [5.41, 5.74) is 0.794. The number of ether oxygens (including phenoxy) is 2. The highest BCUT2D eigenvalue weighted by Gasteiger charge is 2.40. The van der Waals surface area contributed by atoms with Crippen LogP contribution in [0.1, 0.15) is 12.0 Å². The molecule has 0 saturated carbocycles. The van der Waals surface area contributed by atoms with Gasteiger partial charge >= 0.3 is 18.0 Å². The van der Waals surface area contributed by atoms with Crippen molar-refractivity contribution < 1.29 is 29.0 Å². The number of carboxylic acid groups (broad SMARTS) is 1. The summed E-state index contributed by atoms with van der Waals surface area (Å²) in [6.07, 6.45) is -1.27. The number of cyclic esters (lactones) is 1. The van der Waals surface area contributed by atoms with Crippen LogP contribution in [0, 0.1) is 0 Å². The van der Waals surface area contributed by atoms with Crippen LogP contribution in [0.3, 0.4) is 0 Å². The second-order valence-corrected chi connectivity index (χ2v) is 4.22. The lowest BCUT2D eigenvalue weighted by Gasteiger charge is -2.18. The van der Waals surface area contributed by atoms with E-state index in [0.29, 0.717) is 0 Å². The third-order valence-electron chi connectivity index (χ3n) is 2.80. The van der Waals surface area contributed by atoms with Gasteiger partial charge in [-0.05, 0) is 5.56 Å². The van der Waals surface area contributed by atoms with Crippen molar-refractivity contribution in [2.24, 2.45) is 0 Å². The van der Waals surface area contributed by atoms with Gasteiger partial charge in [0.25, 0.3) is 0 Å². The molecule has 0 aromatic heterocycles. The molecule has 1 atom stereocenters. The number of aliphatic carboxylic acids is 1. The monoisotopic (exact) mass is 279 g/mol. The summed E-state index contributed by atoms with van der Waals surface area (Å²) < 4.78 is 9.71. The van der Waals surface area contributed by atoms with Gasteiger partial charge in [-0.2, -0.15) is 0 Å². The average Bonchev–Trinajstić information content (AvgIpc) is 2.78. The quantitative estimate of drug-likeness (QED) is 0.826. The van der Waals surface area contributed by atoms with Crippen molar-refractivity contribution in [3.05, 3.63) is 35.9 Å². The van der Waals surface area contributed by atoms with E-state index < -0.39 is 30.5 Å². The number of carbonyl (C=O) groups is 3. The molecule has 1 amide bonds. The Balaban J connectivity index is 1.94. The molecule has 0 radical (unpaired) electrons. The summed E-state index contributed by atoms with van der Waals surface area (Å²) >= 11 is 0. The fourth-order valence-electron chi connectivity index (χ4n) is 1.79. The number of rotatable bonds is 4. The first-order chi connectivity index (χ1) is 9.58. The summed E-state index contributed by atoms with van der Waals surface area (Å²) in [4.78, 5) is 34.8. The molecule has 106 valence electrons. The van der Waals surface area contributed by atoms with E-state index in [0.717, 1.165) is 10.5 Å². The molecule has 1 aromatic rings. The topological polar surface area (TPSA) is 93.1 Å². The van der Waals surface area contributed by atoms with Gasteiger partial charge in [-0.25, -0.2) is 9.59 Å². The molecule has 0 bridgehead atoms. The van der Waals surface area contributed by atoms with Gasteiger partial charge in [0, 0.05) is 0 Å². The highest BCUT2D eigenvalue weighted by atomic mass is 16.6. The second-order valence-electron chi connectivity index (χ2n) is 4.22. The Bertz CT molecular complexity index is 515. The van der Waals surface area contributed by atoms with Gasteiger partial charge in [0.2, 0.25) is 0 Å². The summed E-state index contributed by atoms with van der Waals surface area (Å²) in [6, 6.07) is 7.89. The van der Waals surface area contributed by atoms with Gasteiger partial charge < -0.3 is 14.6 Å². The minimum atomic E-state index is -1.19. The van der Waals surface area contributed by atoms with Crippen LogP contribution in [0.25, 0.3) is 0 Å². The number of hydrogen-bond acceptors (Lipinski definition) is 5. The number of hydrogen-bond donors (Lipinski definition) is 1. The molecular weight excluding hydrogens is 266 g/mol. The number of carbonyl (C=O) groups excluding carboxylic acids is 2. The van der Waals surface area contributed by atoms with Crippen LogP contribution < -0.4 is 0 Å². The maximum atomic E-state index is 11.8. The molecular formula is C13H13NO6. The van der Waals surface area contributed by atoms with Crippen molar-refractivity contribution >= 4 is 18.0 Å². The smallest absolute Gasteiger partial charge is 0.413 e. The molecule has 1 aliphatic heterocycles. The van der Waals surface area contributed by atoms with Crippen LogP contribution in [-0.2, 0) is 25.7 Å². The normalized spacial score (nSPS) is 17.7. The summed E-state index contributed by atoms with van der Waals surface area (Å²) in [7, 11) is 0. The van der Waals surface area contributed by atoms with Gasteiger partial charge in [-0.1, -0.05) is 30.3 Å². The largest absolute Gasteiger partial charge is 0.481 e. The van der Waals surface area contributed by atoms with Crippen molar-refractivity contribution in [1.29, 1.82) is 0 Å². The molecule has 0 aliphatic carbocycles. The molecule has 0 unspecified atom stereocenters. The zero-order chi connectivity index (χ0) is 14.5. The molecule has 0 spiro atoms. The van der Waals surface area contributed by atoms with E-state index in [4.69, 9.17) is 9.84 Å². The van der Waals surface area contributed by atoms with E-state index in [2.05, 4.69) is 4.74 Å². The maximum Gasteiger partial charge on any atom is 0.413 e. The first kappa shape index (κ1) is 13.9. The number of benzene rings is 1. The van der Waals surface area contributed by atoms with E-state index in [-0.39, 0.29) is 13.3 Å². The molecule has 1 heterocycles. The molecule has 7 nitrogen and oxygen atoms in total. The number of nitrogens with zero attached hydrogens (tertiary/aromatic N) is 1. The molecule has 7 heteroatoms. The lowest BCUT2D eigenvalue weighted by Crippen LogP contribution is -2.39. The third-order valence-corrected chi connectivity index (χ3v) is 2.80. The lowest BCUT2D eigenvalue weighted by molar-refractivity contribution is -0.144. The van der Waals surface area contributed by atoms with Gasteiger partial charge in [0.15, 0.2) is 6.73 Å². The number of carboxylic acids is 1. The van der Waals surface area contributed by atoms with Crippen molar-refractivity contribution in [1.82, 2.24) is 4.90 Å². The van der Waals surface area contributed by atoms with Crippen molar-refractivity contribution in [2.75, 3.05) is 6.73 Å². The zero-order valence-electron chi connectivity index (χ0n) is 10.5. The molecule has 1 aliphatic rings. The lowest BCUT2D eigenvalue weighted by atomic mass is 10.2. The Morgan fingerprint density at radius 3 is 2.70 bits per heavy atom. The van der Waals surface area contributed by atoms with Crippen molar-refractivity contribution in [2.45, 2.75) is 19.1 Å². The standard InChI is InChI=1S/C13H13NO6/c15-11(16)6-10-12(17)20-8-14(10)13(18)19-7-9-4-2-1-3-5-9/h1-5,10H,6-8H2,(H,15,16)/t10-/m0/s1. The predicted molar refractivity (Wildman–Crippen MR) is 65.5 cm³/mol. The van der Waals surface area contributed by atoms with E-state index >= 15 is 0 Å². The Labute approximate surface area is 114 Å². The van der Waals surface area contributed by atoms with E-state index in [9.17, 15) is 14.4 Å². The zero-order valence-corrected chi connectivity index (χ0v) is 10.5. The Hall–Kier alpha value is -2.57. The second kappa shape index (κ2) is 6.05. The Morgan fingerprint density at radius 1 is 1.35 bits per heavy atom. The van der Waals surface area contributed by atoms with E-state index in [1.54, 1.807) is 24.3 Å². The average molecular weight is 279 g/mol. The fourth-order valence-corrected chi connectivity index (χ4v) is 1.79. The fraction of sp³-hybridized carbons (Fsp3) is 0.308. The van der Waals surface area contributed by atoms with Crippen LogP contribution in [-0.4, -0.2) is 40.8 Å². The third kappa shape index (κ3) is 3.25. The molecule has 1 aromatic carbocycles. The van der Waals surface area contributed by atoms with E-state index in [1.165, 1.54) is 0 Å². The maximum absolute atomic E-state index is 11.8. The molecule has 1 saturated heterocycles. The summed E-state index contributed by atoms with van der Waals surface area (Å²) in [5.74, 6) is -1.92. The Morgan fingerprint density at radius 2 is 2.05 bits per heavy atom. The van der Waals surface area contributed by atoms with Gasteiger partial charge in [0.1, 0.15) is 12.6 Å². The first-order valence-corrected chi connectivity index (χ1v) is 5.93. The van der Waals surface area contributed by atoms with Crippen molar-refractivity contribution in [3.8, 4) is 0 Å². The number of esters is 1. The first-order valence-electron chi connectivity index (χ1n) is 5.93. The SMILES string of the molecule is O=C(O)C[C@H]1C(=O)OCN1C(=O)OCc1ccccc1. The van der Waals surface area contributed by atoms with Crippen LogP contribution >= 0.6 is 0 Å². The van der Waals surface area contributed by atoms with Crippen LogP contribution in [0.2, 0.25) is 0 Å².